The number of hydrogen-bond acceptors (Lipinski definition) is 3. The fraction of sp³-hybridized carbons (Fsp3) is 0.412. The first-order valence-electron chi connectivity index (χ1n) is 6.84. The van der Waals surface area contributed by atoms with Gasteiger partial charge in [0.05, 0.1) is 5.56 Å². The van der Waals surface area contributed by atoms with Crippen LogP contribution in [0.3, 0.4) is 0 Å². The highest BCUT2D eigenvalue weighted by molar-refractivity contribution is 5.89. The van der Waals surface area contributed by atoms with Gasteiger partial charge >= 0.3 is 5.97 Å². The number of ether oxygens (including phenoxy) is 1. The van der Waals surface area contributed by atoms with Crippen molar-refractivity contribution >= 4 is 11.9 Å². The molecular weight excluding hydrogens is 266 g/mol. The average molecular weight is 287 g/mol. The van der Waals surface area contributed by atoms with E-state index >= 15 is 0 Å². The topological polar surface area (TPSA) is 55.4 Å². The monoisotopic (exact) mass is 287 g/mol. The summed E-state index contributed by atoms with van der Waals surface area (Å²) in [6, 6.07) is 6.97. The highest BCUT2D eigenvalue weighted by Crippen LogP contribution is 2.12. The molecule has 0 aliphatic heterocycles. The first-order chi connectivity index (χ1) is 9.78. The minimum atomic E-state index is -0.501. The van der Waals surface area contributed by atoms with Crippen molar-refractivity contribution in [1.29, 1.82) is 0 Å². The molecule has 112 valence electrons. The second-order valence-electron chi connectivity index (χ2n) is 5.61. The molecule has 0 heterocycles. The molecule has 21 heavy (non-hydrogen) atoms. The Morgan fingerprint density at radius 2 is 1.81 bits per heavy atom. The molecule has 1 N–H and O–H groups in total. The van der Waals surface area contributed by atoms with Crippen molar-refractivity contribution in [3.63, 3.8) is 0 Å². The third-order valence-corrected chi connectivity index (χ3v) is 2.38. The van der Waals surface area contributed by atoms with Gasteiger partial charge in [-0.25, -0.2) is 4.79 Å². The maximum Gasteiger partial charge on any atom is 0.338 e. The van der Waals surface area contributed by atoms with Gasteiger partial charge in [-0.15, -0.1) is 0 Å². The number of carbonyl (C=O) groups is 2. The van der Waals surface area contributed by atoms with E-state index in [-0.39, 0.29) is 11.9 Å². The zero-order valence-corrected chi connectivity index (χ0v) is 12.9. The van der Waals surface area contributed by atoms with Crippen molar-refractivity contribution in [2.24, 2.45) is 0 Å². The molecule has 1 aromatic carbocycles. The standard InChI is InChI=1S/C17H21NO3/c1-13(19)18-12-6-5-7-14-8-10-15(11-9-14)16(20)21-17(2,3)4/h8-11H,6,12H2,1-4H3,(H,18,19). The van der Waals surface area contributed by atoms with E-state index in [1.165, 1.54) is 6.92 Å². The summed E-state index contributed by atoms with van der Waals surface area (Å²) in [6.45, 7) is 7.51. The predicted octanol–water partition coefficient (Wildman–Crippen LogP) is 2.52. The van der Waals surface area contributed by atoms with E-state index in [2.05, 4.69) is 17.2 Å². The maximum atomic E-state index is 11.8. The SMILES string of the molecule is CC(=O)NCCC#Cc1ccc(C(=O)OC(C)(C)C)cc1. The average Bonchev–Trinajstić information content (AvgIpc) is 2.36. The van der Waals surface area contributed by atoms with Gasteiger partial charge in [-0.1, -0.05) is 11.8 Å². The van der Waals surface area contributed by atoms with Crippen LogP contribution in [0.5, 0.6) is 0 Å². The fourth-order valence-electron chi connectivity index (χ4n) is 1.49. The van der Waals surface area contributed by atoms with Crippen molar-refractivity contribution in [2.45, 2.75) is 39.7 Å². The Kier molecular flexibility index (Phi) is 5.98. The number of benzene rings is 1. The summed E-state index contributed by atoms with van der Waals surface area (Å²) in [4.78, 5) is 22.5. The Bertz CT molecular complexity index is 556. The lowest BCUT2D eigenvalue weighted by Crippen LogP contribution is -2.23. The Labute approximate surface area is 125 Å². The zero-order chi connectivity index (χ0) is 15.9. The van der Waals surface area contributed by atoms with E-state index < -0.39 is 5.60 Å². The lowest BCUT2D eigenvalue weighted by Gasteiger charge is -2.19. The van der Waals surface area contributed by atoms with Crippen LogP contribution in [0, 0.1) is 11.8 Å². The molecule has 1 rings (SSSR count). The van der Waals surface area contributed by atoms with Gasteiger partial charge in [0, 0.05) is 25.5 Å². The van der Waals surface area contributed by atoms with Gasteiger partial charge in [0.2, 0.25) is 5.91 Å². The Morgan fingerprint density at radius 1 is 1.19 bits per heavy atom. The van der Waals surface area contributed by atoms with Crippen molar-refractivity contribution < 1.29 is 14.3 Å². The zero-order valence-electron chi connectivity index (χ0n) is 12.9. The van der Waals surface area contributed by atoms with E-state index in [0.717, 1.165) is 5.56 Å². The van der Waals surface area contributed by atoms with E-state index in [4.69, 9.17) is 4.74 Å². The minimum Gasteiger partial charge on any atom is -0.456 e. The summed E-state index contributed by atoms with van der Waals surface area (Å²) in [5, 5.41) is 2.67. The molecule has 0 fully saturated rings. The summed E-state index contributed by atoms with van der Waals surface area (Å²) in [7, 11) is 0. The Balaban J connectivity index is 2.56. The van der Waals surface area contributed by atoms with Gasteiger partial charge in [-0.2, -0.15) is 0 Å². The predicted molar refractivity (Wildman–Crippen MR) is 81.8 cm³/mol. The molecule has 4 heteroatoms. The van der Waals surface area contributed by atoms with Crippen LogP contribution < -0.4 is 5.32 Å². The molecule has 0 saturated heterocycles. The molecule has 0 bridgehead atoms. The molecule has 1 amide bonds. The van der Waals surface area contributed by atoms with Gasteiger partial charge < -0.3 is 10.1 Å². The lowest BCUT2D eigenvalue weighted by molar-refractivity contribution is -0.118. The van der Waals surface area contributed by atoms with E-state index in [0.29, 0.717) is 18.5 Å². The second kappa shape index (κ2) is 7.49. The van der Waals surface area contributed by atoms with E-state index in [9.17, 15) is 9.59 Å². The van der Waals surface area contributed by atoms with Crippen molar-refractivity contribution in [3.8, 4) is 11.8 Å². The molecule has 0 unspecified atom stereocenters. The summed E-state index contributed by atoms with van der Waals surface area (Å²) in [5.74, 6) is 5.55. The van der Waals surface area contributed by atoms with Crippen LogP contribution in [0.1, 0.15) is 50.0 Å². The van der Waals surface area contributed by atoms with Crippen LogP contribution in [0.4, 0.5) is 0 Å². The summed E-state index contributed by atoms with van der Waals surface area (Å²) in [6.07, 6.45) is 0.591. The van der Waals surface area contributed by atoms with Crippen LogP contribution in [-0.4, -0.2) is 24.0 Å². The molecule has 4 nitrogen and oxygen atoms in total. The largest absolute Gasteiger partial charge is 0.456 e. The van der Waals surface area contributed by atoms with Crippen LogP contribution in [0.15, 0.2) is 24.3 Å². The van der Waals surface area contributed by atoms with Crippen LogP contribution in [-0.2, 0) is 9.53 Å². The number of nitrogens with one attached hydrogen (secondary N) is 1. The van der Waals surface area contributed by atoms with Gasteiger partial charge in [0.15, 0.2) is 0 Å². The van der Waals surface area contributed by atoms with Crippen molar-refractivity contribution in [3.05, 3.63) is 35.4 Å². The van der Waals surface area contributed by atoms with Crippen molar-refractivity contribution in [1.82, 2.24) is 5.32 Å². The summed E-state index contributed by atoms with van der Waals surface area (Å²) >= 11 is 0. The van der Waals surface area contributed by atoms with Gasteiger partial charge in [0.1, 0.15) is 5.60 Å². The fourth-order valence-corrected chi connectivity index (χ4v) is 1.49. The third kappa shape index (κ3) is 7.17. The second-order valence-corrected chi connectivity index (χ2v) is 5.61. The minimum absolute atomic E-state index is 0.0569. The summed E-state index contributed by atoms with van der Waals surface area (Å²) < 4.78 is 5.28. The summed E-state index contributed by atoms with van der Waals surface area (Å²) in [5.41, 5.74) is 0.832. The van der Waals surface area contributed by atoms with Gasteiger partial charge in [-0.05, 0) is 45.0 Å². The number of amides is 1. The first-order valence-corrected chi connectivity index (χ1v) is 6.84. The number of rotatable bonds is 3. The Hall–Kier alpha value is -2.28. The maximum absolute atomic E-state index is 11.8. The molecule has 0 saturated carbocycles. The quantitative estimate of drug-likeness (QED) is 0.528. The molecule has 0 aliphatic rings. The number of esters is 1. The molecule has 0 spiro atoms. The molecule has 0 aromatic heterocycles. The number of carbonyl (C=O) groups excluding carboxylic acids is 2. The van der Waals surface area contributed by atoms with Crippen molar-refractivity contribution in [2.75, 3.05) is 6.54 Å². The van der Waals surface area contributed by atoms with Crippen LogP contribution >= 0.6 is 0 Å². The highest BCUT2D eigenvalue weighted by Gasteiger charge is 2.17. The van der Waals surface area contributed by atoms with E-state index in [1.807, 2.05) is 20.8 Å². The molecule has 0 radical (unpaired) electrons. The smallest absolute Gasteiger partial charge is 0.338 e. The van der Waals surface area contributed by atoms with Gasteiger partial charge in [0.25, 0.3) is 0 Å². The molecular formula is C17H21NO3. The molecule has 1 aromatic rings. The highest BCUT2D eigenvalue weighted by atomic mass is 16.6. The Morgan fingerprint density at radius 3 is 2.33 bits per heavy atom. The number of hydrogen-bond donors (Lipinski definition) is 1. The first kappa shape index (κ1) is 16.8. The van der Waals surface area contributed by atoms with Crippen LogP contribution in [0.2, 0.25) is 0 Å². The third-order valence-electron chi connectivity index (χ3n) is 2.38. The molecule has 0 atom stereocenters. The lowest BCUT2D eigenvalue weighted by atomic mass is 10.1. The van der Waals surface area contributed by atoms with Crippen LogP contribution in [0.25, 0.3) is 0 Å². The van der Waals surface area contributed by atoms with E-state index in [1.54, 1.807) is 24.3 Å². The van der Waals surface area contributed by atoms with Gasteiger partial charge in [-0.3, -0.25) is 4.79 Å². The normalized spacial score (nSPS) is 10.3. The molecule has 0 aliphatic carbocycles.